The summed E-state index contributed by atoms with van der Waals surface area (Å²) in [5.41, 5.74) is 4.91. The van der Waals surface area contributed by atoms with Gasteiger partial charge in [-0.05, 0) is 54.2 Å². The van der Waals surface area contributed by atoms with Crippen LogP contribution in [0.1, 0.15) is 35.1 Å². The number of anilines is 1. The Balaban J connectivity index is 1.85. The number of fused-ring (bicyclic) bond motifs is 3. The predicted molar refractivity (Wildman–Crippen MR) is 101 cm³/mol. The minimum absolute atomic E-state index is 0.183. The highest BCUT2D eigenvalue weighted by atomic mass is 35.5. The first-order valence-electron chi connectivity index (χ1n) is 8.15. The molecule has 2 aromatic carbocycles. The molecule has 3 atom stereocenters. The zero-order valence-electron chi connectivity index (χ0n) is 13.6. The minimum Gasteiger partial charge on any atom is -0.495 e. The van der Waals surface area contributed by atoms with Crippen molar-refractivity contribution in [3.8, 4) is 5.75 Å². The second-order valence-electron chi connectivity index (χ2n) is 6.52. The van der Waals surface area contributed by atoms with E-state index in [0.717, 1.165) is 23.4 Å². The summed E-state index contributed by atoms with van der Waals surface area (Å²) in [7, 11) is 1.72. The van der Waals surface area contributed by atoms with Crippen molar-refractivity contribution in [2.75, 3.05) is 12.4 Å². The quantitative estimate of drug-likeness (QED) is 0.650. The Morgan fingerprint density at radius 2 is 1.96 bits per heavy atom. The number of rotatable bonds is 2. The maximum Gasteiger partial charge on any atom is 0.142 e. The van der Waals surface area contributed by atoms with Crippen molar-refractivity contribution in [1.82, 2.24) is 0 Å². The molecule has 0 radical (unpaired) electrons. The van der Waals surface area contributed by atoms with E-state index in [1.54, 1.807) is 7.11 Å². The van der Waals surface area contributed by atoms with Crippen molar-refractivity contribution in [2.45, 2.75) is 25.3 Å². The summed E-state index contributed by atoms with van der Waals surface area (Å²) >= 11 is 12.4. The fourth-order valence-corrected chi connectivity index (χ4v) is 4.38. The molecule has 2 aliphatic rings. The molecule has 4 heteroatoms. The first-order chi connectivity index (χ1) is 11.6. The molecule has 0 saturated heterocycles. The van der Waals surface area contributed by atoms with E-state index in [-0.39, 0.29) is 6.04 Å². The smallest absolute Gasteiger partial charge is 0.142 e. The summed E-state index contributed by atoms with van der Waals surface area (Å²) in [4.78, 5) is 0. The van der Waals surface area contributed by atoms with Gasteiger partial charge in [0.25, 0.3) is 0 Å². The van der Waals surface area contributed by atoms with Crippen LogP contribution in [0.2, 0.25) is 10.0 Å². The molecule has 1 heterocycles. The summed E-state index contributed by atoms with van der Waals surface area (Å²) in [6, 6.07) is 10.3. The largest absolute Gasteiger partial charge is 0.495 e. The molecule has 1 aliphatic heterocycles. The van der Waals surface area contributed by atoms with Crippen LogP contribution in [0.5, 0.6) is 5.75 Å². The van der Waals surface area contributed by atoms with Crippen LogP contribution in [0.15, 0.2) is 42.5 Å². The second kappa shape index (κ2) is 6.02. The molecule has 124 valence electrons. The third-order valence-electron chi connectivity index (χ3n) is 5.22. The van der Waals surface area contributed by atoms with Gasteiger partial charge in [0.1, 0.15) is 5.75 Å². The first-order valence-corrected chi connectivity index (χ1v) is 8.91. The lowest BCUT2D eigenvalue weighted by molar-refractivity contribution is 0.396. The molecule has 0 fully saturated rings. The molecule has 0 bridgehead atoms. The van der Waals surface area contributed by atoms with Crippen LogP contribution in [0.25, 0.3) is 0 Å². The maximum atomic E-state index is 6.26. The average molecular weight is 360 g/mol. The zero-order chi connectivity index (χ0) is 16.8. The molecular weight excluding hydrogens is 341 g/mol. The Labute approximate surface area is 152 Å². The molecule has 1 N–H and O–H groups in total. The Hall–Kier alpha value is -1.64. The van der Waals surface area contributed by atoms with Crippen molar-refractivity contribution in [3.63, 3.8) is 0 Å². The highest BCUT2D eigenvalue weighted by Gasteiger charge is 2.39. The van der Waals surface area contributed by atoms with Gasteiger partial charge in [-0.2, -0.15) is 0 Å². The van der Waals surface area contributed by atoms with Gasteiger partial charge in [-0.1, -0.05) is 47.5 Å². The van der Waals surface area contributed by atoms with Gasteiger partial charge in [-0.3, -0.25) is 0 Å². The molecule has 0 aromatic heterocycles. The number of aryl methyl sites for hydroxylation is 1. The summed E-state index contributed by atoms with van der Waals surface area (Å²) < 4.78 is 5.61. The van der Waals surface area contributed by atoms with Crippen LogP contribution >= 0.6 is 23.2 Å². The average Bonchev–Trinajstić information content (AvgIpc) is 3.06. The molecule has 2 aromatic rings. The number of ether oxygens (including phenoxy) is 1. The van der Waals surface area contributed by atoms with Crippen LogP contribution in [-0.2, 0) is 0 Å². The molecule has 2 nitrogen and oxygen atoms in total. The SMILES string of the molecule is COc1ccc(C)c2c1N[C@@H](c1ccc(Cl)c(Cl)c1)[C@H]1CC=C[C@@H]21. The van der Waals surface area contributed by atoms with E-state index in [1.165, 1.54) is 11.1 Å². The Kier molecular flexibility index (Phi) is 3.98. The Bertz CT molecular complexity index is 831. The number of hydrogen-bond donors (Lipinski definition) is 1. The van der Waals surface area contributed by atoms with E-state index in [0.29, 0.717) is 21.9 Å². The van der Waals surface area contributed by atoms with Gasteiger partial charge in [0.05, 0.1) is 28.9 Å². The summed E-state index contributed by atoms with van der Waals surface area (Å²) in [6.07, 6.45) is 5.68. The normalized spacial score (nSPS) is 24.2. The lowest BCUT2D eigenvalue weighted by Gasteiger charge is -2.39. The van der Waals surface area contributed by atoms with Gasteiger partial charge in [0, 0.05) is 5.92 Å². The number of hydrogen-bond acceptors (Lipinski definition) is 2. The van der Waals surface area contributed by atoms with Crippen LogP contribution in [0, 0.1) is 12.8 Å². The second-order valence-corrected chi connectivity index (χ2v) is 7.34. The third kappa shape index (κ3) is 2.40. The Morgan fingerprint density at radius 1 is 1.12 bits per heavy atom. The number of benzene rings is 2. The van der Waals surface area contributed by atoms with Crippen LogP contribution in [-0.4, -0.2) is 7.11 Å². The maximum absolute atomic E-state index is 6.26. The van der Waals surface area contributed by atoms with E-state index in [9.17, 15) is 0 Å². The van der Waals surface area contributed by atoms with E-state index in [2.05, 4.69) is 36.5 Å². The number of nitrogens with one attached hydrogen (secondary N) is 1. The topological polar surface area (TPSA) is 21.3 Å². The van der Waals surface area contributed by atoms with Crippen LogP contribution < -0.4 is 10.1 Å². The molecule has 0 spiro atoms. The summed E-state index contributed by atoms with van der Waals surface area (Å²) in [5, 5.41) is 4.91. The number of allylic oxidation sites excluding steroid dienone is 2. The van der Waals surface area contributed by atoms with E-state index < -0.39 is 0 Å². The molecule has 1 aliphatic carbocycles. The highest BCUT2D eigenvalue weighted by molar-refractivity contribution is 6.42. The van der Waals surface area contributed by atoms with Gasteiger partial charge in [-0.15, -0.1) is 0 Å². The molecular formula is C20H19Cl2NO. The lowest BCUT2D eigenvalue weighted by Crippen LogP contribution is -2.30. The molecule has 24 heavy (non-hydrogen) atoms. The van der Waals surface area contributed by atoms with E-state index in [4.69, 9.17) is 27.9 Å². The number of halogens is 2. The predicted octanol–water partition coefficient (Wildman–Crippen LogP) is 6.14. The molecule has 0 unspecified atom stereocenters. The van der Waals surface area contributed by atoms with Crippen molar-refractivity contribution in [1.29, 1.82) is 0 Å². The van der Waals surface area contributed by atoms with Crippen molar-refractivity contribution in [2.24, 2.45) is 5.92 Å². The van der Waals surface area contributed by atoms with Crippen molar-refractivity contribution in [3.05, 3.63) is 69.2 Å². The first kappa shape index (κ1) is 15.9. The van der Waals surface area contributed by atoms with Gasteiger partial charge in [-0.25, -0.2) is 0 Å². The molecule has 0 amide bonds. The fraction of sp³-hybridized carbons (Fsp3) is 0.300. The Morgan fingerprint density at radius 3 is 2.71 bits per heavy atom. The lowest BCUT2D eigenvalue weighted by atomic mass is 9.75. The third-order valence-corrected chi connectivity index (χ3v) is 5.96. The highest BCUT2D eigenvalue weighted by Crippen LogP contribution is 2.53. The standard InChI is InChI=1S/C20H19Cl2NO/c1-11-6-9-17(24-2)20-18(11)13-4-3-5-14(13)19(23-20)12-7-8-15(21)16(22)10-12/h3-4,6-10,13-14,19,23H,5H2,1-2H3/t13-,14+,19+/m1/s1. The molecule has 0 saturated carbocycles. The molecule has 4 rings (SSSR count). The van der Waals surface area contributed by atoms with Gasteiger partial charge < -0.3 is 10.1 Å². The minimum atomic E-state index is 0.183. The summed E-state index contributed by atoms with van der Waals surface area (Å²) in [6.45, 7) is 2.17. The van der Waals surface area contributed by atoms with E-state index >= 15 is 0 Å². The van der Waals surface area contributed by atoms with Gasteiger partial charge in [0.2, 0.25) is 0 Å². The zero-order valence-corrected chi connectivity index (χ0v) is 15.2. The van der Waals surface area contributed by atoms with Crippen molar-refractivity contribution < 1.29 is 4.74 Å². The van der Waals surface area contributed by atoms with Gasteiger partial charge in [0.15, 0.2) is 0 Å². The summed E-state index contributed by atoms with van der Waals surface area (Å²) in [5.74, 6) is 1.76. The van der Waals surface area contributed by atoms with Crippen LogP contribution in [0.3, 0.4) is 0 Å². The van der Waals surface area contributed by atoms with Gasteiger partial charge >= 0.3 is 0 Å². The monoisotopic (exact) mass is 359 g/mol. The fourth-order valence-electron chi connectivity index (χ4n) is 4.08. The van der Waals surface area contributed by atoms with Crippen molar-refractivity contribution >= 4 is 28.9 Å². The van der Waals surface area contributed by atoms with E-state index in [1.807, 2.05) is 18.2 Å². The van der Waals surface area contributed by atoms with Crippen LogP contribution in [0.4, 0.5) is 5.69 Å². The number of methoxy groups -OCH3 is 1.